The Hall–Kier alpha value is -2.36. The molecule has 5 N–H and O–H groups in total. The van der Waals surface area contributed by atoms with Gasteiger partial charge in [-0.3, -0.25) is 14.4 Å². The Labute approximate surface area is 180 Å². The second-order valence-electron chi connectivity index (χ2n) is 7.30. The zero-order chi connectivity index (χ0) is 22.1. The average Bonchev–Trinajstić information content (AvgIpc) is 3.37. The molecule has 166 valence electrons. The van der Waals surface area contributed by atoms with Gasteiger partial charge in [-0.05, 0) is 43.9 Å². The number of nitrogens with one attached hydrogen (secondary N) is 2. The molecule has 10 heteroatoms. The number of benzene rings is 1. The summed E-state index contributed by atoms with van der Waals surface area (Å²) in [5.74, 6) is -0.902. The Kier molecular flexibility index (Phi) is 9.35. The van der Waals surface area contributed by atoms with Crippen LogP contribution in [0.4, 0.5) is 5.69 Å². The van der Waals surface area contributed by atoms with Gasteiger partial charge in [-0.1, -0.05) is 11.6 Å². The largest absolute Gasteiger partial charge is 0.483 e. The normalized spacial score (nSPS) is 22.8. The van der Waals surface area contributed by atoms with E-state index in [1.807, 2.05) is 6.07 Å². The van der Waals surface area contributed by atoms with E-state index in [0.717, 1.165) is 31.6 Å². The summed E-state index contributed by atoms with van der Waals surface area (Å²) in [7, 11) is 0. The van der Waals surface area contributed by atoms with Crippen LogP contribution in [0.25, 0.3) is 0 Å². The van der Waals surface area contributed by atoms with Gasteiger partial charge in [0.2, 0.25) is 5.91 Å². The van der Waals surface area contributed by atoms with Gasteiger partial charge in [-0.15, -0.1) is 0 Å². The molecular formula is C20H28ClN3O6. The number of anilines is 1. The molecule has 1 aromatic rings. The maximum Gasteiger partial charge on any atom is 0.290 e. The summed E-state index contributed by atoms with van der Waals surface area (Å²) in [6.45, 7) is 1.75. The van der Waals surface area contributed by atoms with Crippen LogP contribution in [-0.2, 0) is 9.59 Å². The molecule has 9 nitrogen and oxygen atoms in total. The summed E-state index contributed by atoms with van der Waals surface area (Å²) in [6, 6.07) is 4.76. The highest BCUT2D eigenvalue weighted by Gasteiger charge is 2.37. The van der Waals surface area contributed by atoms with Gasteiger partial charge in [0.05, 0.1) is 29.5 Å². The van der Waals surface area contributed by atoms with E-state index in [2.05, 4.69) is 15.5 Å². The monoisotopic (exact) mass is 441 g/mol. The zero-order valence-electron chi connectivity index (χ0n) is 16.6. The van der Waals surface area contributed by atoms with Crippen LogP contribution in [-0.4, -0.2) is 72.0 Å². The molecule has 0 radical (unpaired) electrons. The lowest BCUT2D eigenvalue weighted by Crippen LogP contribution is -2.40. The minimum absolute atomic E-state index is 0.130. The Bertz CT molecular complexity index is 741. The maximum atomic E-state index is 12.6. The molecule has 1 aliphatic carbocycles. The molecule has 1 aromatic carbocycles. The molecule has 1 saturated carbocycles. The number of carboxylic acid groups (broad SMARTS) is 1. The second kappa shape index (κ2) is 11.7. The Balaban J connectivity index is 0.00000101. The number of carbonyl (C=O) groups is 3. The van der Waals surface area contributed by atoms with Crippen LogP contribution in [0.15, 0.2) is 18.2 Å². The van der Waals surface area contributed by atoms with Crippen molar-refractivity contribution >= 4 is 35.6 Å². The number of halogens is 1. The number of aliphatic hydroxyl groups is 2. The van der Waals surface area contributed by atoms with Crippen LogP contribution in [0.3, 0.4) is 0 Å². The van der Waals surface area contributed by atoms with Gasteiger partial charge in [0.15, 0.2) is 0 Å². The van der Waals surface area contributed by atoms with Crippen LogP contribution in [0.1, 0.15) is 36.0 Å². The zero-order valence-corrected chi connectivity index (χ0v) is 17.3. The van der Waals surface area contributed by atoms with Crippen LogP contribution >= 0.6 is 11.6 Å². The summed E-state index contributed by atoms with van der Waals surface area (Å²) in [4.78, 5) is 35.1. The number of amides is 2. The Morgan fingerprint density at radius 3 is 2.50 bits per heavy atom. The van der Waals surface area contributed by atoms with Gasteiger partial charge >= 0.3 is 0 Å². The predicted molar refractivity (Wildman–Crippen MR) is 112 cm³/mol. The highest BCUT2D eigenvalue weighted by molar-refractivity contribution is 6.33. The highest BCUT2D eigenvalue weighted by Crippen LogP contribution is 2.30. The molecule has 2 amide bonds. The highest BCUT2D eigenvalue weighted by atomic mass is 35.5. The molecule has 1 heterocycles. The summed E-state index contributed by atoms with van der Waals surface area (Å²) in [5.41, 5.74) is 1.37. The van der Waals surface area contributed by atoms with E-state index in [-0.39, 0.29) is 43.8 Å². The van der Waals surface area contributed by atoms with Crippen LogP contribution in [0, 0.1) is 5.92 Å². The van der Waals surface area contributed by atoms with Crippen molar-refractivity contribution in [3.05, 3.63) is 28.8 Å². The van der Waals surface area contributed by atoms with Gasteiger partial charge in [-0.2, -0.15) is 0 Å². The number of rotatable bonds is 6. The van der Waals surface area contributed by atoms with E-state index in [1.165, 1.54) is 0 Å². The first-order valence-electron chi connectivity index (χ1n) is 9.91. The minimum Gasteiger partial charge on any atom is -0.483 e. The fraction of sp³-hybridized carbons (Fsp3) is 0.550. The van der Waals surface area contributed by atoms with Gasteiger partial charge in [-0.25, -0.2) is 0 Å². The van der Waals surface area contributed by atoms with E-state index in [0.29, 0.717) is 17.0 Å². The predicted octanol–water partition coefficient (Wildman–Crippen LogP) is 0.619. The standard InChI is InChI=1S/C19H26ClN3O4.CH2O2/c20-14-9-12(3-4-16(14)23-6-1-2-7-23)19(27)22-15-10-13(11-17(15)25)18(26)21-5-8-24;2-1-3/h3-4,9,13,15,17,24-25H,1-2,5-8,10-11H2,(H,21,26)(H,22,27);1H,(H,2,3)/t13-,15-,17-;/m0./s1. The van der Waals surface area contributed by atoms with Crippen molar-refractivity contribution < 1.29 is 29.7 Å². The van der Waals surface area contributed by atoms with Crippen molar-refractivity contribution in [2.75, 3.05) is 31.1 Å². The summed E-state index contributed by atoms with van der Waals surface area (Å²) >= 11 is 6.37. The summed E-state index contributed by atoms with van der Waals surface area (Å²) in [5, 5.41) is 31.8. The third-order valence-corrected chi connectivity index (χ3v) is 5.59. The molecule has 3 rings (SSSR count). The molecule has 3 atom stereocenters. The maximum absolute atomic E-state index is 12.6. The smallest absolute Gasteiger partial charge is 0.290 e. The van der Waals surface area contributed by atoms with Crippen LogP contribution in [0.2, 0.25) is 5.02 Å². The summed E-state index contributed by atoms with van der Waals surface area (Å²) in [6.07, 6.45) is 2.16. The van der Waals surface area contributed by atoms with E-state index >= 15 is 0 Å². The molecule has 30 heavy (non-hydrogen) atoms. The topological polar surface area (TPSA) is 139 Å². The fourth-order valence-electron chi connectivity index (χ4n) is 3.82. The number of aliphatic hydroxyl groups excluding tert-OH is 2. The first-order valence-corrected chi connectivity index (χ1v) is 10.3. The quantitative estimate of drug-likeness (QED) is 0.408. The molecule has 0 unspecified atom stereocenters. The number of nitrogens with zero attached hydrogens (tertiary/aromatic N) is 1. The van der Waals surface area contributed by atoms with Crippen molar-refractivity contribution in [1.82, 2.24) is 10.6 Å². The molecule has 1 aliphatic heterocycles. The molecule has 0 aromatic heterocycles. The molecular weight excluding hydrogens is 414 g/mol. The van der Waals surface area contributed by atoms with Crippen molar-refractivity contribution in [3.63, 3.8) is 0 Å². The molecule has 2 fully saturated rings. The SMILES string of the molecule is O=C(N[C@H]1C[C@H](C(=O)NCCO)C[C@@H]1O)c1ccc(N2CCCC2)c(Cl)c1.O=CO. The third-order valence-electron chi connectivity index (χ3n) is 5.28. The van der Waals surface area contributed by atoms with E-state index in [1.54, 1.807) is 12.1 Å². The average molecular weight is 442 g/mol. The first-order chi connectivity index (χ1) is 14.4. The van der Waals surface area contributed by atoms with E-state index in [9.17, 15) is 14.7 Å². The van der Waals surface area contributed by atoms with Crippen molar-refractivity contribution in [2.24, 2.45) is 5.92 Å². The number of hydrogen-bond donors (Lipinski definition) is 5. The van der Waals surface area contributed by atoms with Crippen molar-refractivity contribution in [3.8, 4) is 0 Å². The molecule has 2 aliphatic rings. The lowest BCUT2D eigenvalue weighted by molar-refractivity contribution is -0.125. The van der Waals surface area contributed by atoms with Crippen LogP contribution < -0.4 is 15.5 Å². The summed E-state index contributed by atoms with van der Waals surface area (Å²) < 4.78 is 0. The molecule has 1 saturated heterocycles. The van der Waals surface area contributed by atoms with Crippen molar-refractivity contribution in [1.29, 1.82) is 0 Å². The first kappa shape index (κ1) is 23.9. The van der Waals surface area contributed by atoms with Gasteiger partial charge in [0, 0.05) is 31.1 Å². The minimum atomic E-state index is -0.779. The Morgan fingerprint density at radius 2 is 1.90 bits per heavy atom. The van der Waals surface area contributed by atoms with Crippen LogP contribution in [0.5, 0.6) is 0 Å². The van der Waals surface area contributed by atoms with Gasteiger partial charge < -0.3 is 30.9 Å². The lowest BCUT2D eigenvalue weighted by atomic mass is 10.1. The Morgan fingerprint density at radius 1 is 1.23 bits per heavy atom. The number of hydrogen-bond acceptors (Lipinski definition) is 6. The lowest BCUT2D eigenvalue weighted by Gasteiger charge is -2.20. The van der Waals surface area contributed by atoms with Crippen molar-refractivity contribution in [2.45, 2.75) is 37.8 Å². The van der Waals surface area contributed by atoms with E-state index < -0.39 is 12.1 Å². The molecule has 0 spiro atoms. The van der Waals surface area contributed by atoms with Gasteiger partial charge in [0.25, 0.3) is 12.4 Å². The third kappa shape index (κ3) is 6.32. The fourth-order valence-corrected chi connectivity index (χ4v) is 4.12. The van der Waals surface area contributed by atoms with E-state index in [4.69, 9.17) is 26.6 Å². The molecule has 0 bridgehead atoms. The second-order valence-corrected chi connectivity index (χ2v) is 7.70. The van der Waals surface area contributed by atoms with Gasteiger partial charge in [0.1, 0.15) is 0 Å². The number of carbonyl (C=O) groups excluding carboxylic acids is 2.